The van der Waals surface area contributed by atoms with E-state index >= 15 is 0 Å². The van der Waals surface area contributed by atoms with Crippen LogP contribution in [0.2, 0.25) is 0 Å². The molecule has 22 heavy (non-hydrogen) atoms. The van der Waals surface area contributed by atoms with Gasteiger partial charge in [-0.15, -0.1) is 0 Å². The molecule has 0 aromatic carbocycles. The number of aliphatic hydroxyl groups excluding tert-OH is 1. The number of rotatable bonds is 4. The summed E-state index contributed by atoms with van der Waals surface area (Å²) in [4.78, 5) is 10.2. The van der Waals surface area contributed by atoms with Crippen LogP contribution in [0.1, 0.15) is 74.1 Å². The number of hydrogen-bond donors (Lipinski definition) is 1. The molecule has 134 valence electrons. The molecule has 1 aliphatic heterocycles. The molecule has 1 aliphatic rings. The van der Waals surface area contributed by atoms with E-state index in [9.17, 15) is 4.79 Å². The predicted octanol–water partition coefficient (Wildman–Crippen LogP) is 3.67. The Morgan fingerprint density at radius 3 is 2.00 bits per heavy atom. The summed E-state index contributed by atoms with van der Waals surface area (Å²) in [7, 11) is 0. The summed E-state index contributed by atoms with van der Waals surface area (Å²) in [5.41, 5.74) is 0. The van der Waals surface area contributed by atoms with Crippen LogP contribution < -0.4 is 0 Å². The first-order valence-electron chi connectivity index (χ1n) is 8.35. The Morgan fingerprint density at radius 2 is 1.77 bits per heavy atom. The van der Waals surface area contributed by atoms with E-state index in [4.69, 9.17) is 19.3 Å². The van der Waals surface area contributed by atoms with Gasteiger partial charge in [0.25, 0.3) is 0 Å². The third kappa shape index (κ3) is 17.4. The maximum Gasteiger partial charge on any atom is 0.302 e. The highest BCUT2D eigenvalue weighted by atomic mass is 16.7. The van der Waals surface area contributed by atoms with Crippen LogP contribution in [0.25, 0.3) is 0 Å². The van der Waals surface area contributed by atoms with Crippen LogP contribution >= 0.6 is 0 Å². The minimum absolute atomic E-state index is 0.0764. The first kappa shape index (κ1) is 23.6. The van der Waals surface area contributed by atoms with E-state index in [-0.39, 0.29) is 18.2 Å². The third-order valence-corrected chi connectivity index (χ3v) is 3.24. The molecule has 4 unspecified atom stereocenters. The van der Waals surface area contributed by atoms with Gasteiger partial charge in [0.05, 0.1) is 24.4 Å². The lowest BCUT2D eigenvalue weighted by Gasteiger charge is -2.26. The lowest BCUT2D eigenvalue weighted by atomic mass is 10.1. The molecule has 5 nitrogen and oxygen atoms in total. The largest absolute Gasteiger partial charge is 0.463 e. The van der Waals surface area contributed by atoms with Gasteiger partial charge in [0.1, 0.15) is 6.79 Å². The van der Waals surface area contributed by atoms with Gasteiger partial charge in [-0.25, -0.2) is 0 Å². The molecule has 0 amide bonds. The first-order chi connectivity index (χ1) is 10.3. The van der Waals surface area contributed by atoms with Gasteiger partial charge in [-0.3, -0.25) is 4.79 Å². The van der Waals surface area contributed by atoms with E-state index in [1.54, 1.807) is 6.92 Å². The molecule has 0 radical (unpaired) electrons. The average Bonchev–Trinajstić information content (AvgIpc) is 2.47. The molecule has 1 N–H and O–H groups in total. The maximum atomic E-state index is 10.2. The molecule has 0 aromatic rings. The Bertz CT molecular complexity index is 255. The Balaban J connectivity index is 0. The minimum Gasteiger partial charge on any atom is -0.463 e. The van der Waals surface area contributed by atoms with E-state index in [1.165, 1.54) is 6.92 Å². The zero-order valence-corrected chi connectivity index (χ0v) is 15.4. The van der Waals surface area contributed by atoms with Crippen molar-refractivity contribution in [3.63, 3.8) is 0 Å². The Labute approximate surface area is 136 Å². The summed E-state index contributed by atoms with van der Waals surface area (Å²) < 4.78 is 15.2. The molecule has 0 saturated carbocycles. The highest BCUT2D eigenvalue weighted by Gasteiger charge is 2.17. The quantitative estimate of drug-likeness (QED) is 0.801. The van der Waals surface area contributed by atoms with Crippen LogP contribution in [0.3, 0.4) is 0 Å². The van der Waals surface area contributed by atoms with Crippen molar-refractivity contribution in [3.8, 4) is 0 Å². The molecular formula is C17H36O5. The van der Waals surface area contributed by atoms with Crippen LogP contribution in [0, 0.1) is 0 Å². The summed E-state index contributed by atoms with van der Waals surface area (Å²) in [6.45, 7) is 13.7. The molecule has 1 fully saturated rings. The Morgan fingerprint density at radius 1 is 1.23 bits per heavy atom. The molecule has 1 heterocycles. The molecule has 0 bridgehead atoms. The summed E-state index contributed by atoms with van der Waals surface area (Å²) in [5, 5.41) is 8.36. The fourth-order valence-electron chi connectivity index (χ4n) is 1.41. The number of carbonyl (C=O) groups is 1. The summed E-state index contributed by atoms with van der Waals surface area (Å²) >= 11 is 0. The molecule has 5 heteroatoms. The number of hydrogen-bond acceptors (Lipinski definition) is 5. The summed E-state index contributed by atoms with van der Waals surface area (Å²) in [6.07, 6.45) is 4.70. The van der Waals surface area contributed by atoms with Crippen molar-refractivity contribution in [1.29, 1.82) is 0 Å². The number of carbonyl (C=O) groups excluding carboxylic acids is 1. The molecular weight excluding hydrogens is 284 g/mol. The highest BCUT2D eigenvalue weighted by molar-refractivity contribution is 5.66. The highest BCUT2D eigenvalue weighted by Crippen LogP contribution is 2.14. The van der Waals surface area contributed by atoms with Crippen molar-refractivity contribution in [1.82, 2.24) is 0 Å². The molecule has 0 aromatic heterocycles. The van der Waals surface area contributed by atoms with Crippen molar-refractivity contribution in [2.45, 2.75) is 98.6 Å². The van der Waals surface area contributed by atoms with Crippen molar-refractivity contribution < 1.29 is 24.1 Å². The monoisotopic (exact) mass is 320 g/mol. The van der Waals surface area contributed by atoms with E-state index in [1.807, 2.05) is 20.8 Å². The smallest absolute Gasteiger partial charge is 0.302 e. The van der Waals surface area contributed by atoms with E-state index < -0.39 is 0 Å². The van der Waals surface area contributed by atoms with Gasteiger partial charge < -0.3 is 19.3 Å². The second kappa shape index (κ2) is 15.3. The summed E-state index contributed by atoms with van der Waals surface area (Å²) in [5.74, 6) is -0.195. The molecule has 0 spiro atoms. The first-order valence-corrected chi connectivity index (χ1v) is 8.35. The SMILES string of the molecule is CCC(C)O.CCC(C)OC(C)=O.CCC1CC(C)OCO1. The normalized spacial score (nSPS) is 23.1. The van der Waals surface area contributed by atoms with Gasteiger partial charge in [-0.05, 0) is 46.5 Å². The summed E-state index contributed by atoms with van der Waals surface area (Å²) in [6, 6.07) is 0. The van der Waals surface area contributed by atoms with Crippen LogP contribution in [0.5, 0.6) is 0 Å². The molecule has 1 saturated heterocycles. The number of aliphatic hydroxyl groups is 1. The van der Waals surface area contributed by atoms with Gasteiger partial charge in [0.2, 0.25) is 0 Å². The third-order valence-electron chi connectivity index (χ3n) is 3.24. The lowest BCUT2D eigenvalue weighted by molar-refractivity contribution is -0.170. The van der Waals surface area contributed by atoms with Crippen molar-refractivity contribution in [2.75, 3.05) is 6.79 Å². The van der Waals surface area contributed by atoms with Gasteiger partial charge >= 0.3 is 5.97 Å². The van der Waals surface area contributed by atoms with Gasteiger partial charge in [-0.1, -0.05) is 20.8 Å². The van der Waals surface area contributed by atoms with Crippen molar-refractivity contribution >= 4 is 5.97 Å². The van der Waals surface area contributed by atoms with Gasteiger partial charge in [0, 0.05) is 6.92 Å². The number of ether oxygens (including phenoxy) is 3. The van der Waals surface area contributed by atoms with Crippen LogP contribution in [0.4, 0.5) is 0 Å². The van der Waals surface area contributed by atoms with Crippen molar-refractivity contribution in [3.05, 3.63) is 0 Å². The topological polar surface area (TPSA) is 65.0 Å². The fourth-order valence-corrected chi connectivity index (χ4v) is 1.41. The van der Waals surface area contributed by atoms with E-state index in [2.05, 4.69) is 13.8 Å². The number of esters is 1. The maximum absolute atomic E-state index is 10.2. The molecule has 1 rings (SSSR count). The minimum atomic E-state index is -0.195. The lowest BCUT2D eigenvalue weighted by Crippen LogP contribution is -2.28. The zero-order chi connectivity index (χ0) is 17.5. The van der Waals surface area contributed by atoms with Crippen LogP contribution in [-0.2, 0) is 19.0 Å². The van der Waals surface area contributed by atoms with Gasteiger partial charge in [0.15, 0.2) is 0 Å². The standard InChI is InChI=1S/C7H14O2.C6H12O2.C4H10O/c1-3-7-4-6(2)8-5-9-7;1-4-5(2)8-6(3)7;1-3-4(2)5/h6-7H,3-5H2,1-2H3;5H,4H2,1-3H3;4-5H,3H2,1-2H3. The van der Waals surface area contributed by atoms with Gasteiger partial charge in [-0.2, -0.15) is 0 Å². The van der Waals surface area contributed by atoms with Crippen LogP contribution in [0.15, 0.2) is 0 Å². The van der Waals surface area contributed by atoms with E-state index in [0.29, 0.717) is 19.0 Å². The zero-order valence-electron chi connectivity index (χ0n) is 15.4. The average molecular weight is 320 g/mol. The molecule has 0 aliphatic carbocycles. The van der Waals surface area contributed by atoms with Crippen molar-refractivity contribution in [2.24, 2.45) is 0 Å². The Hall–Kier alpha value is -0.650. The Kier molecular flexibility index (Phi) is 16.4. The second-order valence-corrected chi connectivity index (χ2v) is 5.61. The fraction of sp³-hybridized carbons (Fsp3) is 0.941. The van der Waals surface area contributed by atoms with E-state index in [0.717, 1.165) is 25.7 Å². The molecule has 4 atom stereocenters. The second-order valence-electron chi connectivity index (χ2n) is 5.61. The van der Waals surface area contributed by atoms with Crippen LogP contribution in [-0.4, -0.2) is 42.3 Å². The predicted molar refractivity (Wildman–Crippen MR) is 88.7 cm³/mol.